The van der Waals surface area contributed by atoms with Crippen molar-refractivity contribution >= 4 is 28.9 Å². The second-order valence-electron chi connectivity index (χ2n) is 3.90. The highest BCUT2D eigenvalue weighted by Gasteiger charge is 2.12. The van der Waals surface area contributed by atoms with Crippen molar-refractivity contribution in [1.82, 2.24) is 5.32 Å². The van der Waals surface area contributed by atoms with Crippen LogP contribution in [0.25, 0.3) is 0 Å². The normalized spacial score (nSPS) is 11.9. The van der Waals surface area contributed by atoms with Gasteiger partial charge in [0.2, 0.25) is 5.91 Å². The minimum atomic E-state index is -0.331. The molecule has 0 aliphatic carbocycles. The number of carbonyl (C=O) groups excluding carboxylic acids is 1. The Morgan fingerprint density at radius 1 is 1.53 bits per heavy atom. The molecule has 1 atom stereocenters. The minimum Gasteiger partial charge on any atom is -0.399 e. The zero-order valence-corrected chi connectivity index (χ0v) is 10.8. The predicted molar refractivity (Wildman–Crippen MR) is 72.2 cm³/mol. The number of anilines is 2. The van der Waals surface area contributed by atoms with E-state index in [2.05, 4.69) is 10.6 Å². The first-order valence-electron chi connectivity index (χ1n) is 5.64. The summed E-state index contributed by atoms with van der Waals surface area (Å²) in [5, 5.41) is 6.37. The van der Waals surface area contributed by atoms with Gasteiger partial charge in [0.05, 0.1) is 10.7 Å². The molecule has 0 spiro atoms. The summed E-state index contributed by atoms with van der Waals surface area (Å²) < 4.78 is 0. The number of rotatable bonds is 5. The van der Waals surface area contributed by atoms with Gasteiger partial charge in [0, 0.05) is 12.2 Å². The number of benzene rings is 1. The van der Waals surface area contributed by atoms with Gasteiger partial charge in [-0.15, -0.1) is 0 Å². The summed E-state index contributed by atoms with van der Waals surface area (Å²) in [6.45, 7) is 4.48. The molecule has 0 heterocycles. The number of hydrogen-bond acceptors (Lipinski definition) is 3. The Hall–Kier alpha value is -1.42. The molecule has 1 aromatic carbocycles. The van der Waals surface area contributed by atoms with E-state index in [1.807, 2.05) is 6.92 Å². The van der Waals surface area contributed by atoms with Gasteiger partial charge in [-0.3, -0.25) is 4.79 Å². The lowest BCUT2D eigenvalue weighted by molar-refractivity contribution is -0.121. The lowest BCUT2D eigenvalue weighted by Gasteiger charge is -2.16. The third-order valence-corrected chi connectivity index (χ3v) is 2.62. The fraction of sp³-hybridized carbons (Fsp3) is 0.417. The smallest absolute Gasteiger partial charge is 0.242 e. The van der Waals surface area contributed by atoms with Gasteiger partial charge in [-0.25, -0.2) is 0 Å². The topological polar surface area (TPSA) is 67.2 Å². The molecule has 94 valence electrons. The van der Waals surface area contributed by atoms with Crippen LogP contribution in [-0.4, -0.2) is 18.5 Å². The molecule has 1 rings (SSSR count). The Kier molecular flexibility index (Phi) is 5.10. The molecular weight excluding hydrogens is 238 g/mol. The van der Waals surface area contributed by atoms with E-state index < -0.39 is 0 Å². The van der Waals surface area contributed by atoms with Crippen molar-refractivity contribution in [3.63, 3.8) is 0 Å². The molecule has 4 N–H and O–H groups in total. The average molecular weight is 256 g/mol. The molecule has 17 heavy (non-hydrogen) atoms. The summed E-state index contributed by atoms with van der Waals surface area (Å²) in [7, 11) is 0. The van der Waals surface area contributed by atoms with Crippen LogP contribution in [0.15, 0.2) is 18.2 Å². The summed E-state index contributed by atoms with van der Waals surface area (Å²) in [4.78, 5) is 11.6. The number of carbonyl (C=O) groups is 1. The van der Waals surface area contributed by atoms with Crippen molar-refractivity contribution in [2.45, 2.75) is 26.3 Å². The molecule has 0 radical (unpaired) electrons. The van der Waals surface area contributed by atoms with Gasteiger partial charge in [0.25, 0.3) is 0 Å². The Morgan fingerprint density at radius 3 is 2.82 bits per heavy atom. The largest absolute Gasteiger partial charge is 0.399 e. The fourth-order valence-electron chi connectivity index (χ4n) is 1.35. The maximum atomic E-state index is 11.6. The van der Waals surface area contributed by atoms with Crippen LogP contribution >= 0.6 is 11.6 Å². The monoisotopic (exact) mass is 255 g/mol. The van der Waals surface area contributed by atoms with E-state index in [1.54, 1.807) is 25.1 Å². The van der Waals surface area contributed by atoms with Crippen molar-refractivity contribution in [2.24, 2.45) is 0 Å². The molecule has 4 nitrogen and oxygen atoms in total. The number of halogens is 1. The third kappa shape index (κ3) is 4.15. The van der Waals surface area contributed by atoms with Crippen molar-refractivity contribution in [3.05, 3.63) is 23.2 Å². The molecule has 1 aromatic rings. The summed E-state index contributed by atoms with van der Waals surface area (Å²) in [6.07, 6.45) is 0.918. The van der Waals surface area contributed by atoms with Gasteiger partial charge < -0.3 is 16.4 Å². The Balaban J connectivity index is 2.61. The minimum absolute atomic E-state index is 0.0419. The maximum absolute atomic E-state index is 11.6. The maximum Gasteiger partial charge on any atom is 0.242 e. The van der Waals surface area contributed by atoms with Crippen LogP contribution < -0.4 is 16.4 Å². The number of nitrogens with one attached hydrogen (secondary N) is 2. The van der Waals surface area contributed by atoms with Crippen molar-refractivity contribution in [1.29, 1.82) is 0 Å². The first-order valence-corrected chi connectivity index (χ1v) is 6.01. The van der Waals surface area contributed by atoms with E-state index in [9.17, 15) is 4.79 Å². The lowest BCUT2D eigenvalue weighted by atomic mass is 10.2. The summed E-state index contributed by atoms with van der Waals surface area (Å²) >= 11 is 6.01. The molecule has 1 unspecified atom stereocenters. The first-order chi connectivity index (χ1) is 8.04. The highest BCUT2D eigenvalue weighted by molar-refractivity contribution is 6.33. The first kappa shape index (κ1) is 13.6. The molecular formula is C12H18ClN3O. The number of nitrogens with two attached hydrogens (primary N) is 1. The SMILES string of the molecule is CCCNC(=O)C(C)Nc1ccc(N)cc1Cl. The third-order valence-electron chi connectivity index (χ3n) is 2.31. The van der Waals surface area contributed by atoms with Crippen molar-refractivity contribution < 1.29 is 4.79 Å². The van der Waals surface area contributed by atoms with Gasteiger partial charge in [0.1, 0.15) is 6.04 Å². The molecule has 0 saturated heterocycles. The van der Waals surface area contributed by atoms with Crippen molar-refractivity contribution in [2.75, 3.05) is 17.6 Å². The van der Waals surface area contributed by atoms with Gasteiger partial charge in [0.15, 0.2) is 0 Å². The second-order valence-corrected chi connectivity index (χ2v) is 4.30. The number of amides is 1. The van der Waals surface area contributed by atoms with E-state index in [1.165, 1.54) is 0 Å². The van der Waals surface area contributed by atoms with E-state index in [0.29, 0.717) is 22.9 Å². The molecule has 0 aliphatic rings. The van der Waals surface area contributed by atoms with Gasteiger partial charge in [-0.1, -0.05) is 18.5 Å². The highest BCUT2D eigenvalue weighted by atomic mass is 35.5. The molecule has 0 fully saturated rings. The molecule has 0 aliphatic heterocycles. The van der Waals surface area contributed by atoms with Crippen LogP contribution in [0.3, 0.4) is 0 Å². The summed E-state index contributed by atoms with van der Waals surface area (Å²) in [5.74, 6) is -0.0419. The van der Waals surface area contributed by atoms with Crippen LogP contribution in [0, 0.1) is 0 Å². The van der Waals surface area contributed by atoms with Crippen LogP contribution in [0.2, 0.25) is 5.02 Å². The number of hydrogen-bond donors (Lipinski definition) is 3. The summed E-state index contributed by atoms with van der Waals surface area (Å²) in [5.41, 5.74) is 6.90. The summed E-state index contributed by atoms with van der Waals surface area (Å²) in [6, 6.07) is 4.83. The Labute approximate surface area is 107 Å². The lowest BCUT2D eigenvalue weighted by Crippen LogP contribution is -2.37. The number of nitrogen functional groups attached to an aromatic ring is 1. The van der Waals surface area contributed by atoms with Crippen LogP contribution in [0.1, 0.15) is 20.3 Å². The van der Waals surface area contributed by atoms with Crippen LogP contribution in [0.5, 0.6) is 0 Å². The zero-order valence-electron chi connectivity index (χ0n) is 10.1. The highest BCUT2D eigenvalue weighted by Crippen LogP contribution is 2.24. The Bertz CT molecular complexity index is 395. The zero-order chi connectivity index (χ0) is 12.8. The molecule has 1 amide bonds. The molecule has 5 heteroatoms. The van der Waals surface area contributed by atoms with E-state index in [4.69, 9.17) is 17.3 Å². The average Bonchev–Trinajstić information content (AvgIpc) is 2.29. The van der Waals surface area contributed by atoms with E-state index in [0.717, 1.165) is 6.42 Å². The predicted octanol–water partition coefficient (Wildman–Crippen LogP) is 2.25. The Morgan fingerprint density at radius 2 is 2.24 bits per heavy atom. The van der Waals surface area contributed by atoms with Gasteiger partial charge in [-0.05, 0) is 31.5 Å². The van der Waals surface area contributed by atoms with E-state index in [-0.39, 0.29) is 11.9 Å². The molecule has 0 bridgehead atoms. The quantitative estimate of drug-likeness (QED) is 0.707. The van der Waals surface area contributed by atoms with E-state index >= 15 is 0 Å². The van der Waals surface area contributed by atoms with Gasteiger partial charge in [-0.2, -0.15) is 0 Å². The van der Waals surface area contributed by atoms with Gasteiger partial charge >= 0.3 is 0 Å². The molecule has 0 aromatic heterocycles. The van der Waals surface area contributed by atoms with Crippen molar-refractivity contribution in [3.8, 4) is 0 Å². The van der Waals surface area contributed by atoms with Crippen LogP contribution in [0.4, 0.5) is 11.4 Å². The second kappa shape index (κ2) is 6.35. The fourth-order valence-corrected chi connectivity index (χ4v) is 1.59. The molecule has 0 saturated carbocycles. The standard InChI is InChI=1S/C12H18ClN3O/c1-3-6-15-12(17)8(2)16-11-5-4-9(14)7-10(11)13/h4-5,7-8,16H,3,6,14H2,1-2H3,(H,15,17). The van der Waals surface area contributed by atoms with Crippen LogP contribution in [-0.2, 0) is 4.79 Å².